The van der Waals surface area contributed by atoms with Crippen LogP contribution in [0.5, 0.6) is 0 Å². The maximum atomic E-state index is 9.84. The Balaban J connectivity index is 3.41. The Morgan fingerprint density at radius 1 is 0.808 bits per heavy atom. The summed E-state index contributed by atoms with van der Waals surface area (Å²) >= 11 is 0. The standard InChI is InChI=1S/C16H37NO8Si/c1-19-7-8-23-9-10-24-11-12-25-15-16(18)14-17-6-5-13-26(20-2,21-3)22-4/h16-18H,5-15H2,1-4H3. The smallest absolute Gasteiger partial charge is 0.389 e. The third-order valence-corrected chi connectivity index (χ3v) is 6.47. The van der Waals surface area contributed by atoms with Gasteiger partial charge in [0.2, 0.25) is 0 Å². The molecule has 26 heavy (non-hydrogen) atoms. The lowest BCUT2D eigenvalue weighted by molar-refractivity contribution is -0.0139. The van der Waals surface area contributed by atoms with Crippen LogP contribution < -0.4 is 5.32 Å². The Morgan fingerprint density at radius 3 is 1.88 bits per heavy atom. The zero-order valence-electron chi connectivity index (χ0n) is 16.7. The first kappa shape index (κ1) is 25.9. The molecule has 0 aromatic carbocycles. The molecule has 0 aliphatic heterocycles. The van der Waals surface area contributed by atoms with Crippen LogP contribution in [0.4, 0.5) is 0 Å². The molecule has 1 unspecified atom stereocenters. The number of nitrogens with one attached hydrogen (secondary N) is 1. The first-order valence-corrected chi connectivity index (χ1v) is 10.8. The van der Waals surface area contributed by atoms with Gasteiger partial charge in [0.15, 0.2) is 0 Å². The second-order valence-electron chi connectivity index (χ2n) is 5.55. The molecule has 0 radical (unpaired) electrons. The molecule has 9 nitrogen and oxygen atoms in total. The van der Waals surface area contributed by atoms with Gasteiger partial charge in [0.1, 0.15) is 0 Å². The number of rotatable bonds is 20. The molecule has 0 aliphatic rings. The van der Waals surface area contributed by atoms with E-state index in [9.17, 15) is 5.11 Å². The maximum Gasteiger partial charge on any atom is 0.500 e. The van der Waals surface area contributed by atoms with Gasteiger partial charge in [-0.15, -0.1) is 0 Å². The molecule has 0 aromatic rings. The van der Waals surface area contributed by atoms with E-state index in [2.05, 4.69) is 5.32 Å². The zero-order chi connectivity index (χ0) is 19.5. The van der Waals surface area contributed by atoms with E-state index in [-0.39, 0.29) is 6.61 Å². The van der Waals surface area contributed by atoms with Crippen molar-refractivity contribution in [2.75, 3.05) is 87.8 Å². The molecule has 0 fully saturated rings. The molecular formula is C16H37NO8Si. The number of ether oxygens (including phenoxy) is 4. The molecular weight excluding hydrogens is 362 g/mol. The van der Waals surface area contributed by atoms with Crippen LogP contribution >= 0.6 is 0 Å². The van der Waals surface area contributed by atoms with Gasteiger partial charge < -0.3 is 42.6 Å². The molecule has 1 atom stereocenters. The van der Waals surface area contributed by atoms with Gasteiger partial charge in [-0.05, 0) is 13.0 Å². The topological polar surface area (TPSA) is 96.9 Å². The average Bonchev–Trinajstić information content (AvgIpc) is 2.66. The summed E-state index contributed by atoms with van der Waals surface area (Å²) in [5, 5.41) is 13.0. The van der Waals surface area contributed by atoms with Crippen molar-refractivity contribution in [2.24, 2.45) is 0 Å². The minimum Gasteiger partial charge on any atom is -0.389 e. The Hall–Kier alpha value is -0.143. The van der Waals surface area contributed by atoms with Crippen molar-refractivity contribution < 1.29 is 37.3 Å². The van der Waals surface area contributed by atoms with Crippen molar-refractivity contribution in [1.29, 1.82) is 0 Å². The van der Waals surface area contributed by atoms with Crippen molar-refractivity contribution >= 4 is 8.80 Å². The first-order valence-electron chi connectivity index (χ1n) is 8.90. The van der Waals surface area contributed by atoms with Crippen LogP contribution in [0.15, 0.2) is 0 Å². The summed E-state index contributed by atoms with van der Waals surface area (Å²) in [6.45, 7) is 4.62. The fraction of sp³-hybridized carbons (Fsp3) is 1.00. The van der Waals surface area contributed by atoms with E-state index in [4.69, 9.17) is 32.2 Å². The quantitative estimate of drug-likeness (QED) is 0.215. The minimum absolute atomic E-state index is 0.271. The largest absolute Gasteiger partial charge is 0.500 e. The van der Waals surface area contributed by atoms with Crippen LogP contribution in [0.25, 0.3) is 0 Å². The van der Waals surface area contributed by atoms with Crippen molar-refractivity contribution in [1.82, 2.24) is 5.32 Å². The SMILES string of the molecule is COCCOCCOCCOCC(O)CNCCC[Si](OC)(OC)OC. The minimum atomic E-state index is -2.50. The van der Waals surface area contributed by atoms with Gasteiger partial charge in [-0.2, -0.15) is 0 Å². The van der Waals surface area contributed by atoms with Crippen molar-refractivity contribution in [3.63, 3.8) is 0 Å². The zero-order valence-corrected chi connectivity index (χ0v) is 17.7. The molecule has 0 bridgehead atoms. The van der Waals surface area contributed by atoms with Crippen LogP contribution in [-0.4, -0.2) is 108 Å². The summed E-state index contributed by atoms with van der Waals surface area (Å²) < 4.78 is 36.9. The highest BCUT2D eigenvalue weighted by atomic mass is 28.4. The fourth-order valence-electron chi connectivity index (χ4n) is 2.12. The molecule has 0 heterocycles. The van der Waals surface area contributed by atoms with E-state index < -0.39 is 14.9 Å². The van der Waals surface area contributed by atoms with Crippen molar-refractivity contribution in [3.05, 3.63) is 0 Å². The highest BCUT2D eigenvalue weighted by molar-refractivity contribution is 6.60. The van der Waals surface area contributed by atoms with Gasteiger partial charge in [-0.3, -0.25) is 0 Å². The van der Waals surface area contributed by atoms with Crippen LogP contribution in [0.2, 0.25) is 6.04 Å². The number of hydrogen-bond acceptors (Lipinski definition) is 9. The summed E-state index contributed by atoms with van der Waals surface area (Å²) in [6, 6.07) is 0.725. The summed E-state index contributed by atoms with van der Waals surface area (Å²) in [5.41, 5.74) is 0. The van der Waals surface area contributed by atoms with Gasteiger partial charge in [0, 0.05) is 41.0 Å². The fourth-order valence-corrected chi connectivity index (χ4v) is 3.84. The van der Waals surface area contributed by atoms with Gasteiger partial charge in [0.05, 0.1) is 52.4 Å². The average molecular weight is 400 g/mol. The molecule has 0 saturated heterocycles. The van der Waals surface area contributed by atoms with Gasteiger partial charge in [-0.25, -0.2) is 0 Å². The van der Waals surface area contributed by atoms with E-state index in [0.717, 1.165) is 19.0 Å². The molecule has 0 aliphatic carbocycles. The summed E-state index contributed by atoms with van der Waals surface area (Å²) in [5.74, 6) is 0. The lowest BCUT2D eigenvalue weighted by Gasteiger charge is -2.24. The predicted octanol–water partition coefficient (Wildman–Crippen LogP) is -0.0987. The Kier molecular flexibility index (Phi) is 18.1. The number of aliphatic hydroxyl groups is 1. The Bertz CT molecular complexity index is 289. The maximum absolute atomic E-state index is 9.84. The van der Waals surface area contributed by atoms with Crippen LogP contribution in [-0.2, 0) is 32.2 Å². The molecule has 158 valence electrons. The van der Waals surface area contributed by atoms with Crippen molar-refractivity contribution in [2.45, 2.75) is 18.6 Å². The molecule has 0 amide bonds. The van der Waals surface area contributed by atoms with Crippen molar-refractivity contribution in [3.8, 4) is 0 Å². The molecule has 0 saturated carbocycles. The first-order chi connectivity index (χ1) is 12.6. The van der Waals surface area contributed by atoms with E-state index in [0.29, 0.717) is 46.2 Å². The number of methoxy groups -OCH3 is 1. The van der Waals surface area contributed by atoms with E-state index in [1.165, 1.54) is 0 Å². The second kappa shape index (κ2) is 18.2. The predicted molar refractivity (Wildman–Crippen MR) is 99.4 cm³/mol. The molecule has 2 N–H and O–H groups in total. The summed E-state index contributed by atoms with van der Waals surface area (Å²) in [7, 11) is 3.95. The van der Waals surface area contributed by atoms with Gasteiger partial charge in [-0.1, -0.05) is 0 Å². The third kappa shape index (κ3) is 14.0. The van der Waals surface area contributed by atoms with E-state index in [1.807, 2.05) is 0 Å². The molecule has 10 heteroatoms. The monoisotopic (exact) mass is 399 g/mol. The van der Waals surface area contributed by atoms with Crippen LogP contribution in [0, 0.1) is 0 Å². The number of hydrogen-bond donors (Lipinski definition) is 2. The second-order valence-corrected chi connectivity index (χ2v) is 8.64. The highest BCUT2D eigenvalue weighted by Crippen LogP contribution is 2.14. The Labute approximate surface area is 158 Å². The van der Waals surface area contributed by atoms with Crippen LogP contribution in [0.3, 0.4) is 0 Å². The lowest BCUT2D eigenvalue weighted by atomic mass is 10.3. The normalized spacial score (nSPS) is 13.3. The van der Waals surface area contributed by atoms with E-state index in [1.54, 1.807) is 28.4 Å². The molecule has 0 rings (SSSR count). The molecule has 0 spiro atoms. The van der Waals surface area contributed by atoms with Crippen LogP contribution in [0.1, 0.15) is 6.42 Å². The number of aliphatic hydroxyl groups excluding tert-OH is 1. The van der Waals surface area contributed by atoms with E-state index >= 15 is 0 Å². The summed E-state index contributed by atoms with van der Waals surface area (Å²) in [6.07, 6.45) is 0.289. The lowest BCUT2D eigenvalue weighted by Crippen LogP contribution is -2.43. The van der Waals surface area contributed by atoms with Gasteiger partial charge in [0.25, 0.3) is 0 Å². The third-order valence-electron chi connectivity index (χ3n) is 3.64. The summed E-state index contributed by atoms with van der Waals surface area (Å²) in [4.78, 5) is 0. The van der Waals surface area contributed by atoms with Gasteiger partial charge >= 0.3 is 8.80 Å². The highest BCUT2D eigenvalue weighted by Gasteiger charge is 2.36. The Morgan fingerprint density at radius 2 is 1.35 bits per heavy atom. The molecule has 0 aromatic heterocycles.